The molecule has 0 aliphatic carbocycles. The second kappa shape index (κ2) is 5.20. The molecule has 2 heteroatoms. The molecule has 0 aliphatic rings. The summed E-state index contributed by atoms with van der Waals surface area (Å²) in [5.74, 6) is 0. The van der Waals surface area contributed by atoms with Crippen LogP contribution in [0.25, 0.3) is 0 Å². The largest absolute Gasteiger partial charge is 0.472 e. The van der Waals surface area contributed by atoms with Gasteiger partial charge in [-0.2, -0.15) is 0 Å². The fourth-order valence-corrected chi connectivity index (χ4v) is 1.68. The van der Waals surface area contributed by atoms with Gasteiger partial charge in [-0.05, 0) is 25.0 Å². The zero-order valence-corrected chi connectivity index (χ0v) is 9.12. The normalized spacial score (nSPS) is 15.4. The van der Waals surface area contributed by atoms with Crippen LogP contribution in [-0.2, 0) is 6.42 Å². The number of furan rings is 1. The molecule has 1 N–H and O–H groups in total. The van der Waals surface area contributed by atoms with E-state index in [0.29, 0.717) is 6.42 Å². The van der Waals surface area contributed by atoms with Crippen molar-refractivity contribution in [3.8, 4) is 0 Å². The van der Waals surface area contributed by atoms with Gasteiger partial charge >= 0.3 is 0 Å². The van der Waals surface area contributed by atoms with Crippen LogP contribution in [0.4, 0.5) is 0 Å². The molecular weight excluding hydrogens is 176 g/mol. The minimum atomic E-state index is -0.584. The molecule has 0 amide bonds. The summed E-state index contributed by atoms with van der Waals surface area (Å²) in [7, 11) is 0. The SMILES string of the molecule is CCCCCC(C)(O)Cc1ccoc1. The van der Waals surface area contributed by atoms with Crippen molar-refractivity contribution in [3.05, 3.63) is 24.2 Å². The molecule has 80 valence electrons. The van der Waals surface area contributed by atoms with E-state index in [2.05, 4.69) is 6.92 Å². The van der Waals surface area contributed by atoms with Gasteiger partial charge < -0.3 is 9.52 Å². The van der Waals surface area contributed by atoms with Crippen molar-refractivity contribution in [2.24, 2.45) is 0 Å². The number of rotatable bonds is 6. The Morgan fingerprint density at radius 1 is 1.43 bits per heavy atom. The monoisotopic (exact) mass is 196 g/mol. The van der Waals surface area contributed by atoms with Crippen molar-refractivity contribution in [2.45, 2.75) is 51.6 Å². The third-order valence-corrected chi connectivity index (χ3v) is 2.48. The molecule has 1 aromatic heterocycles. The number of unbranched alkanes of at least 4 members (excludes halogenated alkanes) is 2. The van der Waals surface area contributed by atoms with E-state index < -0.39 is 5.60 Å². The van der Waals surface area contributed by atoms with E-state index in [1.165, 1.54) is 12.8 Å². The molecule has 1 rings (SSSR count). The van der Waals surface area contributed by atoms with Crippen LogP contribution < -0.4 is 0 Å². The van der Waals surface area contributed by atoms with Gasteiger partial charge in [-0.3, -0.25) is 0 Å². The van der Waals surface area contributed by atoms with Crippen LogP contribution in [0.1, 0.15) is 45.1 Å². The predicted molar refractivity (Wildman–Crippen MR) is 57.2 cm³/mol. The molecule has 0 fully saturated rings. The third kappa shape index (κ3) is 3.97. The lowest BCUT2D eigenvalue weighted by Gasteiger charge is -2.22. The Labute approximate surface area is 85.9 Å². The van der Waals surface area contributed by atoms with Gasteiger partial charge in [0.15, 0.2) is 0 Å². The van der Waals surface area contributed by atoms with Crippen molar-refractivity contribution in [1.82, 2.24) is 0 Å². The second-order valence-corrected chi connectivity index (χ2v) is 4.26. The number of hydrogen-bond acceptors (Lipinski definition) is 2. The minimum absolute atomic E-state index is 0.584. The van der Waals surface area contributed by atoms with Gasteiger partial charge in [-0.25, -0.2) is 0 Å². The molecule has 1 aromatic rings. The molecule has 14 heavy (non-hydrogen) atoms. The first-order valence-electron chi connectivity index (χ1n) is 5.37. The van der Waals surface area contributed by atoms with Crippen LogP contribution >= 0.6 is 0 Å². The van der Waals surface area contributed by atoms with Gasteiger partial charge in [0.05, 0.1) is 18.1 Å². The summed E-state index contributed by atoms with van der Waals surface area (Å²) < 4.78 is 4.97. The van der Waals surface area contributed by atoms with Gasteiger partial charge in [0.25, 0.3) is 0 Å². The standard InChI is InChI=1S/C12H20O2/c1-3-4-5-7-12(2,13)9-11-6-8-14-10-11/h6,8,10,13H,3-5,7,9H2,1-2H3. The minimum Gasteiger partial charge on any atom is -0.472 e. The summed E-state index contributed by atoms with van der Waals surface area (Å²) in [6, 6.07) is 1.91. The first-order valence-corrected chi connectivity index (χ1v) is 5.37. The average Bonchev–Trinajstić information content (AvgIpc) is 2.56. The maximum absolute atomic E-state index is 10.1. The molecule has 0 saturated heterocycles. The van der Waals surface area contributed by atoms with Crippen LogP contribution in [0.3, 0.4) is 0 Å². The molecular formula is C12H20O2. The molecule has 0 aromatic carbocycles. The first-order chi connectivity index (χ1) is 6.64. The lowest BCUT2D eigenvalue weighted by atomic mass is 9.92. The van der Waals surface area contributed by atoms with Crippen molar-refractivity contribution in [2.75, 3.05) is 0 Å². The van der Waals surface area contributed by atoms with E-state index in [9.17, 15) is 5.11 Å². The summed E-state index contributed by atoms with van der Waals surface area (Å²) in [4.78, 5) is 0. The quantitative estimate of drug-likeness (QED) is 0.709. The van der Waals surface area contributed by atoms with E-state index in [1.54, 1.807) is 12.5 Å². The van der Waals surface area contributed by atoms with E-state index in [0.717, 1.165) is 18.4 Å². The van der Waals surface area contributed by atoms with Gasteiger partial charge in [-0.1, -0.05) is 26.2 Å². The topological polar surface area (TPSA) is 33.4 Å². The molecule has 1 unspecified atom stereocenters. The molecule has 1 heterocycles. The van der Waals surface area contributed by atoms with Gasteiger partial charge in [0.2, 0.25) is 0 Å². The van der Waals surface area contributed by atoms with E-state index in [1.807, 2.05) is 13.0 Å². The highest BCUT2D eigenvalue weighted by Gasteiger charge is 2.20. The van der Waals surface area contributed by atoms with Crippen LogP contribution in [0.2, 0.25) is 0 Å². The Hall–Kier alpha value is -0.760. The van der Waals surface area contributed by atoms with Gasteiger partial charge in [0.1, 0.15) is 0 Å². The van der Waals surface area contributed by atoms with Crippen molar-refractivity contribution in [3.63, 3.8) is 0 Å². The fraction of sp³-hybridized carbons (Fsp3) is 0.667. The van der Waals surface area contributed by atoms with Gasteiger partial charge in [-0.15, -0.1) is 0 Å². The summed E-state index contributed by atoms with van der Waals surface area (Å²) >= 11 is 0. The molecule has 0 saturated carbocycles. The summed E-state index contributed by atoms with van der Waals surface area (Å²) in [5.41, 5.74) is 0.491. The summed E-state index contributed by atoms with van der Waals surface area (Å²) in [6.45, 7) is 4.07. The summed E-state index contributed by atoms with van der Waals surface area (Å²) in [6.07, 6.45) is 8.40. The lowest BCUT2D eigenvalue weighted by Crippen LogP contribution is -2.26. The highest BCUT2D eigenvalue weighted by Crippen LogP contribution is 2.20. The maximum atomic E-state index is 10.1. The van der Waals surface area contributed by atoms with Crippen molar-refractivity contribution in [1.29, 1.82) is 0 Å². The first kappa shape index (κ1) is 11.3. The summed E-state index contributed by atoms with van der Waals surface area (Å²) in [5, 5.41) is 10.1. The van der Waals surface area contributed by atoms with Gasteiger partial charge in [0, 0.05) is 6.42 Å². The second-order valence-electron chi connectivity index (χ2n) is 4.26. The highest BCUT2D eigenvalue weighted by molar-refractivity contribution is 5.08. The highest BCUT2D eigenvalue weighted by atomic mass is 16.3. The Morgan fingerprint density at radius 3 is 2.79 bits per heavy atom. The van der Waals surface area contributed by atoms with Crippen molar-refractivity contribution >= 4 is 0 Å². The van der Waals surface area contributed by atoms with E-state index in [-0.39, 0.29) is 0 Å². The van der Waals surface area contributed by atoms with E-state index in [4.69, 9.17) is 4.42 Å². The number of hydrogen-bond donors (Lipinski definition) is 1. The third-order valence-electron chi connectivity index (χ3n) is 2.48. The molecule has 0 radical (unpaired) electrons. The fourth-order valence-electron chi connectivity index (χ4n) is 1.68. The zero-order valence-electron chi connectivity index (χ0n) is 9.12. The molecule has 0 bridgehead atoms. The Balaban J connectivity index is 2.33. The smallest absolute Gasteiger partial charge is 0.0935 e. The van der Waals surface area contributed by atoms with E-state index >= 15 is 0 Å². The molecule has 0 aliphatic heterocycles. The molecule has 1 atom stereocenters. The van der Waals surface area contributed by atoms with Crippen LogP contribution in [-0.4, -0.2) is 10.7 Å². The zero-order chi connectivity index (χ0) is 10.4. The average molecular weight is 196 g/mol. The Kier molecular flexibility index (Phi) is 4.21. The lowest BCUT2D eigenvalue weighted by molar-refractivity contribution is 0.0484. The number of aliphatic hydroxyl groups is 1. The molecule has 2 nitrogen and oxygen atoms in total. The Bertz CT molecular complexity index is 237. The van der Waals surface area contributed by atoms with Crippen LogP contribution in [0.5, 0.6) is 0 Å². The van der Waals surface area contributed by atoms with Crippen LogP contribution in [0.15, 0.2) is 23.0 Å². The predicted octanol–water partition coefficient (Wildman–Crippen LogP) is 3.15. The van der Waals surface area contributed by atoms with Crippen LogP contribution in [0, 0.1) is 0 Å². The maximum Gasteiger partial charge on any atom is 0.0935 e. The Morgan fingerprint density at radius 2 is 2.21 bits per heavy atom. The van der Waals surface area contributed by atoms with Crippen molar-refractivity contribution < 1.29 is 9.52 Å². The molecule has 0 spiro atoms.